The van der Waals surface area contributed by atoms with Crippen LogP contribution < -0.4 is 0 Å². The Morgan fingerprint density at radius 1 is 1.27 bits per heavy atom. The molecule has 0 bridgehead atoms. The van der Waals surface area contributed by atoms with Gasteiger partial charge in [0, 0.05) is 12.4 Å². The molecule has 0 amide bonds. The molecule has 1 nitrogen and oxygen atoms in total. The first-order chi connectivity index (χ1) is 6.90. The van der Waals surface area contributed by atoms with Gasteiger partial charge in [-0.05, 0) is 35.3 Å². The van der Waals surface area contributed by atoms with E-state index < -0.39 is 0 Å². The summed E-state index contributed by atoms with van der Waals surface area (Å²) >= 11 is 0. The number of hydrogen-bond acceptors (Lipinski definition) is 1. The van der Waals surface area contributed by atoms with Gasteiger partial charge in [0.15, 0.2) is 0 Å². The minimum absolute atomic E-state index is 0.380. The Morgan fingerprint density at radius 2 is 1.93 bits per heavy atom. The summed E-state index contributed by atoms with van der Waals surface area (Å²) in [6.07, 6.45) is 5.07. The van der Waals surface area contributed by atoms with Crippen molar-refractivity contribution in [3.63, 3.8) is 0 Å². The average Bonchev–Trinajstić information content (AvgIpc) is 2.14. The van der Waals surface area contributed by atoms with Crippen molar-refractivity contribution in [3.8, 4) is 0 Å². The van der Waals surface area contributed by atoms with E-state index in [9.17, 15) is 0 Å². The lowest BCUT2D eigenvalue weighted by molar-refractivity contribution is 0.300. The molecule has 1 heteroatoms. The summed E-state index contributed by atoms with van der Waals surface area (Å²) in [5.74, 6) is 1.30. The van der Waals surface area contributed by atoms with Gasteiger partial charge in [-0.2, -0.15) is 0 Å². The van der Waals surface area contributed by atoms with Crippen molar-refractivity contribution in [2.75, 3.05) is 0 Å². The fourth-order valence-electron chi connectivity index (χ4n) is 1.99. The molecule has 0 saturated heterocycles. The minimum Gasteiger partial charge on any atom is -0.264 e. The first-order valence-electron chi connectivity index (χ1n) is 5.80. The molecular weight excluding hydrogens is 182 g/mol. The van der Waals surface area contributed by atoms with Crippen LogP contribution in [0.25, 0.3) is 0 Å². The van der Waals surface area contributed by atoms with Gasteiger partial charge in [0.05, 0.1) is 0 Å². The van der Waals surface area contributed by atoms with E-state index in [1.165, 1.54) is 12.0 Å². The molecule has 0 spiro atoms. The van der Waals surface area contributed by atoms with E-state index in [4.69, 9.17) is 0 Å². The Morgan fingerprint density at radius 3 is 2.33 bits per heavy atom. The summed E-state index contributed by atoms with van der Waals surface area (Å²) in [6.45, 7) is 11.5. The molecule has 15 heavy (non-hydrogen) atoms. The molecule has 0 aliphatic carbocycles. The second-order valence-corrected chi connectivity index (χ2v) is 5.90. The van der Waals surface area contributed by atoms with Crippen molar-refractivity contribution >= 4 is 0 Å². The summed E-state index contributed by atoms with van der Waals surface area (Å²) in [7, 11) is 0. The zero-order chi connectivity index (χ0) is 11.5. The predicted octanol–water partition coefficient (Wildman–Crippen LogP) is 4.26. The van der Waals surface area contributed by atoms with E-state index in [2.05, 4.69) is 45.7 Å². The van der Waals surface area contributed by atoms with Crippen LogP contribution in [-0.2, 0) is 0 Å². The van der Waals surface area contributed by atoms with Crippen molar-refractivity contribution in [2.45, 2.75) is 47.0 Å². The molecular formula is C14H23N. The van der Waals surface area contributed by atoms with Gasteiger partial charge in [-0.3, -0.25) is 4.98 Å². The Kier molecular flexibility index (Phi) is 3.90. The van der Waals surface area contributed by atoms with Gasteiger partial charge >= 0.3 is 0 Å². The van der Waals surface area contributed by atoms with Gasteiger partial charge < -0.3 is 0 Å². The molecule has 0 aliphatic rings. The lowest BCUT2D eigenvalue weighted by atomic mass is 9.77. The maximum Gasteiger partial charge on any atom is 0.0302 e. The standard InChI is InChI=1S/C14H23N/c1-11(2)13(9-14(3,4)5)12-7-6-8-15-10-12/h6-8,10-11,13H,9H2,1-5H3. The fourth-order valence-corrected chi connectivity index (χ4v) is 1.99. The largest absolute Gasteiger partial charge is 0.264 e. The number of hydrogen-bond donors (Lipinski definition) is 0. The van der Waals surface area contributed by atoms with E-state index in [-0.39, 0.29) is 0 Å². The second kappa shape index (κ2) is 4.78. The van der Waals surface area contributed by atoms with E-state index in [0.717, 1.165) is 0 Å². The van der Waals surface area contributed by atoms with Crippen LogP contribution in [0.15, 0.2) is 24.5 Å². The highest BCUT2D eigenvalue weighted by molar-refractivity contribution is 5.15. The smallest absolute Gasteiger partial charge is 0.0302 e. The highest BCUT2D eigenvalue weighted by Gasteiger charge is 2.22. The second-order valence-electron chi connectivity index (χ2n) is 5.90. The van der Waals surface area contributed by atoms with E-state index in [1.54, 1.807) is 0 Å². The number of rotatable bonds is 3. The summed E-state index contributed by atoms with van der Waals surface area (Å²) in [5.41, 5.74) is 1.76. The maximum atomic E-state index is 4.22. The lowest BCUT2D eigenvalue weighted by Crippen LogP contribution is -2.16. The Bertz CT molecular complexity index is 282. The van der Waals surface area contributed by atoms with Crippen LogP contribution >= 0.6 is 0 Å². The third-order valence-electron chi connectivity index (χ3n) is 2.75. The van der Waals surface area contributed by atoms with Crippen molar-refractivity contribution in [2.24, 2.45) is 11.3 Å². The summed E-state index contributed by atoms with van der Waals surface area (Å²) in [4.78, 5) is 4.22. The highest BCUT2D eigenvalue weighted by atomic mass is 14.6. The molecule has 0 N–H and O–H groups in total. The van der Waals surface area contributed by atoms with Crippen molar-refractivity contribution < 1.29 is 0 Å². The first-order valence-corrected chi connectivity index (χ1v) is 5.80. The molecule has 1 unspecified atom stereocenters. The van der Waals surface area contributed by atoms with Crippen molar-refractivity contribution in [3.05, 3.63) is 30.1 Å². The SMILES string of the molecule is CC(C)C(CC(C)(C)C)c1cccnc1. The topological polar surface area (TPSA) is 12.9 Å². The van der Waals surface area contributed by atoms with Crippen LogP contribution in [0.2, 0.25) is 0 Å². The van der Waals surface area contributed by atoms with Crippen molar-refractivity contribution in [1.29, 1.82) is 0 Å². The minimum atomic E-state index is 0.380. The fraction of sp³-hybridized carbons (Fsp3) is 0.643. The Hall–Kier alpha value is -0.850. The van der Waals surface area contributed by atoms with E-state index in [0.29, 0.717) is 17.3 Å². The summed E-state index contributed by atoms with van der Waals surface area (Å²) < 4.78 is 0. The first kappa shape index (κ1) is 12.2. The Balaban J connectivity index is 2.85. The molecule has 0 aliphatic heterocycles. The van der Waals surface area contributed by atoms with Crippen LogP contribution in [0.1, 0.15) is 52.5 Å². The van der Waals surface area contributed by atoms with Crippen LogP contribution in [0.4, 0.5) is 0 Å². The molecule has 1 heterocycles. The quantitative estimate of drug-likeness (QED) is 0.718. The molecule has 1 rings (SSSR count). The predicted molar refractivity (Wildman–Crippen MR) is 65.9 cm³/mol. The zero-order valence-corrected chi connectivity index (χ0v) is 10.6. The van der Waals surface area contributed by atoms with Gasteiger partial charge in [-0.25, -0.2) is 0 Å². The zero-order valence-electron chi connectivity index (χ0n) is 10.6. The molecule has 1 atom stereocenters. The monoisotopic (exact) mass is 205 g/mol. The third kappa shape index (κ3) is 4.03. The van der Waals surface area contributed by atoms with Crippen LogP contribution in [0.5, 0.6) is 0 Å². The van der Waals surface area contributed by atoms with Gasteiger partial charge in [0.2, 0.25) is 0 Å². The third-order valence-corrected chi connectivity index (χ3v) is 2.75. The molecule has 84 valence electrons. The number of pyridine rings is 1. The lowest BCUT2D eigenvalue weighted by Gasteiger charge is -2.28. The maximum absolute atomic E-state index is 4.22. The average molecular weight is 205 g/mol. The normalized spacial score (nSPS) is 14.3. The molecule has 1 aromatic rings. The summed E-state index contributed by atoms with van der Waals surface area (Å²) in [6, 6.07) is 4.23. The molecule has 1 aromatic heterocycles. The molecule has 0 aromatic carbocycles. The van der Waals surface area contributed by atoms with Crippen molar-refractivity contribution in [1.82, 2.24) is 4.98 Å². The van der Waals surface area contributed by atoms with Crippen LogP contribution in [0, 0.1) is 11.3 Å². The number of aromatic nitrogens is 1. The van der Waals surface area contributed by atoms with Gasteiger partial charge in [0.25, 0.3) is 0 Å². The highest BCUT2D eigenvalue weighted by Crippen LogP contribution is 2.35. The van der Waals surface area contributed by atoms with Crippen LogP contribution in [-0.4, -0.2) is 4.98 Å². The van der Waals surface area contributed by atoms with Crippen LogP contribution in [0.3, 0.4) is 0 Å². The van der Waals surface area contributed by atoms with E-state index in [1.807, 2.05) is 18.5 Å². The van der Waals surface area contributed by atoms with Gasteiger partial charge in [-0.15, -0.1) is 0 Å². The van der Waals surface area contributed by atoms with Gasteiger partial charge in [0.1, 0.15) is 0 Å². The number of nitrogens with zero attached hydrogens (tertiary/aromatic N) is 1. The Labute approximate surface area is 93.9 Å². The molecule has 0 saturated carbocycles. The van der Waals surface area contributed by atoms with E-state index >= 15 is 0 Å². The van der Waals surface area contributed by atoms with Gasteiger partial charge in [-0.1, -0.05) is 40.7 Å². The molecule has 0 radical (unpaired) electrons. The molecule has 0 fully saturated rings. The summed E-state index contributed by atoms with van der Waals surface area (Å²) in [5, 5.41) is 0.